The van der Waals surface area contributed by atoms with E-state index in [4.69, 9.17) is 9.84 Å². The Bertz CT molecular complexity index is 386. The molecule has 4 heteroatoms. The van der Waals surface area contributed by atoms with Crippen molar-refractivity contribution >= 4 is 11.6 Å². The van der Waals surface area contributed by atoms with Crippen LogP contribution in [0.25, 0.3) is 0 Å². The van der Waals surface area contributed by atoms with Crippen LogP contribution in [0.15, 0.2) is 24.3 Å². The molecule has 92 valence electrons. The van der Waals surface area contributed by atoms with Crippen LogP contribution >= 0.6 is 0 Å². The summed E-state index contributed by atoms with van der Waals surface area (Å²) in [5.74, 6) is -0.0610. The van der Waals surface area contributed by atoms with Crippen molar-refractivity contribution in [2.45, 2.75) is 19.4 Å². The SMILES string of the molecule is Cc1ccc(N2CCOC(CCO)C2=O)cc1. The van der Waals surface area contributed by atoms with E-state index in [1.165, 1.54) is 5.56 Å². The average molecular weight is 235 g/mol. The number of hydrogen-bond acceptors (Lipinski definition) is 3. The Morgan fingerprint density at radius 1 is 1.41 bits per heavy atom. The molecule has 1 aromatic carbocycles. The topological polar surface area (TPSA) is 49.8 Å². The Balaban J connectivity index is 2.14. The number of amides is 1. The number of rotatable bonds is 3. The van der Waals surface area contributed by atoms with Gasteiger partial charge in [0, 0.05) is 25.3 Å². The number of hydrogen-bond donors (Lipinski definition) is 1. The molecule has 1 saturated heterocycles. The first-order chi connectivity index (χ1) is 8.22. The summed E-state index contributed by atoms with van der Waals surface area (Å²) in [6, 6.07) is 7.85. The minimum Gasteiger partial charge on any atom is -0.396 e. The van der Waals surface area contributed by atoms with Crippen molar-refractivity contribution in [3.63, 3.8) is 0 Å². The Morgan fingerprint density at radius 3 is 2.76 bits per heavy atom. The second-order valence-electron chi connectivity index (χ2n) is 4.20. The Kier molecular flexibility index (Phi) is 3.76. The fourth-order valence-corrected chi connectivity index (χ4v) is 1.95. The molecule has 0 aromatic heterocycles. The number of aliphatic hydroxyl groups excluding tert-OH is 1. The van der Waals surface area contributed by atoms with Crippen LogP contribution in [-0.2, 0) is 9.53 Å². The van der Waals surface area contributed by atoms with E-state index in [0.29, 0.717) is 19.6 Å². The molecule has 1 atom stereocenters. The lowest BCUT2D eigenvalue weighted by molar-refractivity contribution is -0.134. The molecule has 0 aliphatic carbocycles. The lowest BCUT2D eigenvalue weighted by Gasteiger charge is -2.32. The molecule has 1 fully saturated rings. The number of carbonyl (C=O) groups excluding carboxylic acids is 1. The Labute approximate surface area is 101 Å². The van der Waals surface area contributed by atoms with Crippen LogP contribution in [0.2, 0.25) is 0 Å². The van der Waals surface area contributed by atoms with Gasteiger partial charge in [0.2, 0.25) is 0 Å². The number of benzene rings is 1. The highest BCUT2D eigenvalue weighted by Crippen LogP contribution is 2.20. The summed E-state index contributed by atoms with van der Waals surface area (Å²) in [6.07, 6.45) is -0.142. The smallest absolute Gasteiger partial charge is 0.256 e. The molecule has 4 nitrogen and oxygen atoms in total. The molecule has 0 spiro atoms. The molecular formula is C13H17NO3. The molecule has 0 radical (unpaired) electrons. The van der Waals surface area contributed by atoms with Crippen molar-refractivity contribution in [1.29, 1.82) is 0 Å². The third-order valence-corrected chi connectivity index (χ3v) is 2.91. The zero-order valence-corrected chi connectivity index (χ0v) is 9.93. The van der Waals surface area contributed by atoms with E-state index in [0.717, 1.165) is 5.69 Å². The molecule has 1 unspecified atom stereocenters. The maximum Gasteiger partial charge on any atom is 0.256 e. The molecule has 0 bridgehead atoms. The summed E-state index contributed by atoms with van der Waals surface area (Å²) in [4.78, 5) is 13.8. The summed E-state index contributed by atoms with van der Waals surface area (Å²) in [6.45, 7) is 3.08. The second kappa shape index (κ2) is 5.29. The van der Waals surface area contributed by atoms with Crippen LogP contribution in [0.1, 0.15) is 12.0 Å². The van der Waals surface area contributed by atoms with Crippen molar-refractivity contribution in [2.24, 2.45) is 0 Å². The van der Waals surface area contributed by atoms with Crippen LogP contribution < -0.4 is 4.90 Å². The predicted octanol–water partition coefficient (Wildman–Crippen LogP) is 1.11. The molecule has 1 aromatic rings. The van der Waals surface area contributed by atoms with Crippen molar-refractivity contribution in [2.75, 3.05) is 24.7 Å². The average Bonchev–Trinajstić information content (AvgIpc) is 2.34. The zero-order chi connectivity index (χ0) is 12.3. The molecule has 1 N–H and O–H groups in total. The number of nitrogens with zero attached hydrogens (tertiary/aromatic N) is 1. The van der Waals surface area contributed by atoms with Crippen molar-refractivity contribution in [1.82, 2.24) is 0 Å². The monoisotopic (exact) mass is 235 g/mol. The van der Waals surface area contributed by atoms with Gasteiger partial charge >= 0.3 is 0 Å². The first kappa shape index (κ1) is 12.1. The van der Waals surface area contributed by atoms with E-state index in [2.05, 4.69) is 0 Å². The van der Waals surface area contributed by atoms with E-state index in [1.54, 1.807) is 4.90 Å². The van der Waals surface area contributed by atoms with E-state index in [9.17, 15) is 4.79 Å². The normalized spacial score (nSPS) is 20.7. The third-order valence-electron chi connectivity index (χ3n) is 2.91. The number of aryl methyl sites for hydroxylation is 1. The fraction of sp³-hybridized carbons (Fsp3) is 0.462. The molecular weight excluding hydrogens is 218 g/mol. The summed E-state index contributed by atoms with van der Waals surface area (Å²) in [5.41, 5.74) is 2.06. The van der Waals surface area contributed by atoms with Crippen LogP contribution in [0.5, 0.6) is 0 Å². The number of aliphatic hydroxyl groups is 1. The summed E-state index contributed by atoms with van der Waals surface area (Å²) in [7, 11) is 0. The first-order valence-corrected chi connectivity index (χ1v) is 5.83. The fourth-order valence-electron chi connectivity index (χ4n) is 1.95. The predicted molar refractivity (Wildman–Crippen MR) is 65.0 cm³/mol. The van der Waals surface area contributed by atoms with Crippen molar-refractivity contribution < 1.29 is 14.6 Å². The van der Waals surface area contributed by atoms with Gasteiger partial charge in [0.05, 0.1) is 6.61 Å². The third kappa shape index (κ3) is 2.65. The lowest BCUT2D eigenvalue weighted by Crippen LogP contribution is -2.48. The van der Waals surface area contributed by atoms with Gasteiger partial charge in [0.1, 0.15) is 6.10 Å². The van der Waals surface area contributed by atoms with Crippen molar-refractivity contribution in [3.05, 3.63) is 29.8 Å². The van der Waals surface area contributed by atoms with Gasteiger partial charge in [-0.05, 0) is 19.1 Å². The van der Waals surface area contributed by atoms with Gasteiger partial charge in [0.15, 0.2) is 0 Å². The van der Waals surface area contributed by atoms with Crippen molar-refractivity contribution in [3.8, 4) is 0 Å². The van der Waals surface area contributed by atoms with Gasteiger partial charge in [-0.15, -0.1) is 0 Å². The number of anilines is 1. The van der Waals surface area contributed by atoms with Crippen LogP contribution in [-0.4, -0.2) is 36.9 Å². The van der Waals surface area contributed by atoms with Gasteiger partial charge in [0.25, 0.3) is 5.91 Å². The summed E-state index contributed by atoms with van der Waals surface area (Å²) < 4.78 is 5.35. The molecule has 1 aliphatic rings. The van der Waals surface area contributed by atoms with E-state index in [-0.39, 0.29) is 12.5 Å². The quantitative estimate of drug-likeness (QED) is 0.853. The highest BCUT2D eigenvalue weighted by molar-refractivity contribution is 5.97. The molecule has 2 rings (SSSR count). The minimum atomic E-state index is -0.505. The zero-order valence-electron chi connectivity index (χ0n) is 9.93. The van der Waals surface area contributed by atoms with Gasteiger partial charge < -0.3 is 14.7 Å². The van der Waals surface area contributed by atoms with Gasteiger partial charge in [-0.25, -0.2) is 0 Å². The largest absolute Gasteiger partial charge is 0.396 e. The highest BCUT2D eigenvalue weighted by Gasteiger charge is 2.29. The lowest BCUT2D eigenvalue weighted by atomic mass is 10.1. The second-order valence-corrected chi connectivity index (χ2v) is 4.20. The van der Waals surface area contributed by atoms with Gasteiger partial charge in [-0.2, -0.15) is 0 Å². The van der Waals surface area contributed by atoms with E-state index >= 15 is 0 Å². The van der Waals surface area contributed by atoms with Gasteiger partial charge in [-0.3, -0.25) is 4.79 Å². The van der Waals surface area contributed by atoms with Crippen LogP contribution in [0.3, 0.4) is 0 Å². The Hall–Kier alpha value is -1.39. The molecule has 1 amide bonds. The van der Waals surface area contributed by atoms with E-state index in [1.807, 2.05) is 31.2 Å². The first-order valence-electron chi connectivity index (χ1n) is 5.83. The van der Waals surface area contributed by atoms with Crippen LogP contribution in [0.4, 0.5) is 5.69 Å². The number of carbonyl (C=O) groups is 1. The number of morpholine rings is 1. The molecule has 1 heterocycles. The summed E-state index contributed by atoms with van der Waals surface area (Å²) in [5, 5.41) is 8.88. The highest BCUT2D eigenvalue weighted by atomic mass is 16.5. The minimum absolute atomic E-state index is 0.0296. The van der Waals surface area contributed by atoms with E-state index < -0.39 is 6.10 Å². The van der Waals surface area contributed by atoms with Gasteiger partial charge in [-0.1, -0.05) is 17.7 Å². The number of ether oxygens (including phenoxy) is 1. The van der Waals surface area contributed by atoms with Crippen LogP contribution in [0, 0.1) is 6.92 Å². The maximum absolute atomic E-state index is 12.1. The maximum atomic E-state index is 12.1. The molecule has 0 saturated carbocycles. The molecule has 17 heavy (non-hydrogen) atoms. The molecule has 1 aliphatic heterocycles. The Morgan fingerprint density at radius 2 is 2.12 bits per heavy atom. The summed E-state index contributed by atoms with van der Waals surface area (Å²) >= 11 is 0. The standard InChI is InChI=1S/C13H17NO3/c1-10-2-4-11(5-3-10)14-7-9-17-12(6-8-15)13(14)16/h2-5,12,15H,6-9H2,1H3.